The molecular weight excluding hydrogens is 308 g/mol. The van der Waals surface area contributed by atoms with E-state index < -0.39 is 0 Å². The van der Waals surface area contributed by atoms with Crippen LogP contribution in [-0.4, -0.2) is 34.6 Å². The number of nitrogens with one attached hydrogen (secondary N) is 1. The summed E-state index contributed by atoms with van der Waals surface area (Å²) >= 11 is 0. The number of nitrogens with zero attached hydrogens (tertiary/aromatic N) is 1. The molecule has 0 saturated heterocycles. The van der Waals surface area contributed by atoms with Gasteiger partial charge in [0, 0.05) is 36.6 Å². The van der Waals surface area contributed by atoms with Crippen LogP contribution in [-0.2, 0) is 0 Å². The van der Waals surface area contributed by atoms with Crippen LogP contribution in [0.3, 0.4) is 0 Å². The van der Waals surface area contributed by atoms with Crippen LogP contribution in [0.1, 0.15) is 17.5 Å². The van der Waals surface area contributed by atoms with E-state index in [0.29, 0.717) is 0 Å². The standard InChI is InChI=1S/C22H22N2O/c25-22-16-20-19(8-4-10-21(20)23-22)9-5-13-24-14-11-18(12-15-24)17-6-2-1-3-7-17/h1-11,16,23,25H,12-15H2. The van der Waals surface area contributed by atoms with Gasteiger partial charge in [-0.2, -0.15) is 0 Å². The van der Waals surface area contributed by atoms with E-state index in [0.717, 1.165) is 42.5 Å². The van der Waals surface area contributed by atoms with Crippen LogP contribution in [0.5, 0.6) is 5.88 Å². The summed E-state index contributed by atoms with van der Waals surface area (Å²) in [5.74, 6) is 0.213. The van der Waals surface area contributed by atoms with E-state index >= 15 is 0 Å². The summed E-state index contributed by atoms with van der Waals surface area (Å²) in [5.41, 5.74) is 4.89. The van der Waals surface area contributed by atoms with E-state index in [1.807, 2.05) is 12.1 Å². The van der Waals surface area contributed by atoms with Gasteiger partial charge in [0.05, 0.1) is 0 Å². The fourth-order valence-electron chi connectivity index (χ4n) is 3.43. The minimum Gasteiger partial charge on any atom is -0.495 e. The Labute approximate surface area is 147 Å². The smallest absolute Gasteiger partial charge is 0.189 e. The van der Waals surface area contributed by atoms with Crippen LogP contribution in [0.2, 0.25) is 0 Å². The van der Waals surface area contributed by atoms with Crippen LogP contribution in [0.4, 0.5) is 0 Å². The minimum atomic E-state index is 0.213. The molecule has 0 unspecified atom stereocenters. The Bertz CT molecular complexity index is 922. The zero-order valence-corrected chi connectivity index (χ0v) is 14.2. The van der Waals surface area contributed by atoms with E-state index in [2.05, 4.69) is 64.5 Å². The SMILES string of the molecule is Oc1cc2c(C=CCN3CC=C(c4ccccc4)CC3)cccc2[nH]1. The largest absolute Gasteiger partial charge is 0.495 e. The number of hydrogen-bond acceptors (Lipinski definition) is 2. The molecule has 3 nitrogen and oxygen atoms in total. The monoisotopic (exact) mass is 330 g/mol. The molecule has 2 aromatic carbocycles. The Hall–Kier alpha value is -2.78. The van der Waals surface area contributed by atoms with Gasteiger partial charge in [0.1, 0.15) is 0 Å². The summed E-state index contributed by atoms with van der Waals surface area (Å²) in [4.78, 5) is 5.40. The van der Waals surface area contributed by atoms with E-state index in [9.17, 15) is 5.11 Å². The first kappa shape index (κ1) is 15.7. The van der Waals surface area contributed by atoms with E-state index in [1.165, 1.54) is 11.1 Å². The lowest BCUT2D eigenvalue weighted by molar-refractivity contribution is 0.335. The van der Waals surface area contributed by atoms with Crippen molar-refractivity contribution < 1.29 is 5.11 Å². The topological polar surface area (TPSA) is 39.3 Å². The number of aromatic amines is 1. The van der Waals surface area contributed by atoms with E-state index in [-0.39, 0.29) is 5.88 Å². The van der Waals surface area contributed by atoms with Crippen molar-refractivity contribution in [1.29, 1.82) is 0 Å². The van der Waals surface area contributed by atoms with Gasteiger partial charge < -0.3 is 10.1 Å². The van der Waals surface area contributed by atoms with Gasteiger partial charge in [0.15, 0.2) is 5.88 Å². The number of benzene rings is 2. The van der Waals surface area contributed by atoms with Crippen molar-refractivity contribution in [2.24, 2.45) is 0 Å². The van der Waals surface area contributed by atoms with Crippen LogP contribution in [0.15, 0.2) is 66.7 Å². The number of H-pyrrole nitrogens is 1. The first-order chi connectivity index (χ1) is 12.3. The van der Waals surface area contributed by atoms with Gasteiger partial charge in [0.2, 0.25) is 0 Å². The average molecular weight is 330 g/mol. The number of rotatable bonds is 4. The molecule has 2 N–H and O–H groups in total. The zero-order chi connectivity index (χ0) is 17.1. The summed E-state index contributed by atoms with van der Waals surface area (Å²) in [5, 5.41) is 10.7. The Morgan fingerprint density at radius 2 is 1.96 bits per heavy atom. The molecule has 0 saturated carbocycles. The third kappa shape index (κ3) is 3.52. The van der Waals surface area contributed by atoms with Crippen LogP contribution in [0.25, 0.3) is 22.6 Å². The van der Waals surface area contributed by atoms with Gasteiger partial charge in [-0.1, -0.05) is 60.7 Å². The van der Waals surface area contributed by atoms with Gasteiger partial charge in [-0.3, -0.25) is 4.90 Å². The lowest BCUT2D eigenvalue weighted by atomic mass is 9.99. The molecule has 0 spiro atoms. The van der Waals surface area contributed by atoms with Crippen LogP contribution in [0, 0.1) is 0 Å². The molecule has 3 aromatic rings. The molecule has 126 valence electrons. The van der Waals surface area contributed by atoms with Crippen LogP contribution >= 0.6 is 0 Å². The van der Waals surface area contributed by atoms with Gasteiger partial charge >= 0.3 is 0 Å². The Balaban J connectivity index is 1.40. The summed E-state index contributed by atoms with van der Waals surface area (Å²) in [6.07, 6.45) is 7.79. The van der Waals surface area contributed by atoms with Crippen molar-refractivity contribution in [3.63, 3.8) is 0 Å². The highest BCUT2D eigenvalue weighted by atomic mass is 16.3. The van der Waals surface area contributed by atoms with Crippen LogP contribution < -0.4 is 0 Å². The molecular formula is C22H22N2O. The lowest BCUT2D eigenvalue weighted by Gasteiger charge is -2.25. The predicted molar refractivity (Wildman–Crippen MR) is 104 cm³/mol. The number of hydrogen-bond donors (Lipinski definition) is 2. The molecule has 1 aromatic heterocycles. The third-order valence-electron chi connectivity index (χ3n) is 4.78. The molecule has 0 atom stereocenters. The molecule has 0 fully saturated rings. The maximum atomic E-state index is 9.63. The molecule has 0 radical (unpaired) electrons. The van der Waals surface area contributed by atoms with Crippen molar-refractivity contribution in [3.8, 4) is 5.88 Å². The van der Waals surface area contributed by atoms with Crippen molar-refractivity contribution in [2.45, 2.75) is 6.42 Å². The molecule has 1 aliphatic heterocycles. The first-order valence-corrected chi connectivity index (χ1v) is 8.74. The zero-order valence-electron chi connectivity index (χ0n) is 14.2. The second-order valence-electron chi connectivity index (χ2n) is 6.47. The number of aromatic nitrogens is 1. The Morgan fingerprint density at radius 3 is 2.76 bits per heavy atom. The second-order valence-corrected chi connectivity index (χ2v) is 6.47. The fourth-order valence-corrected chi connectivity index (χ4v) is 3.43. The van der Waals surface area contributed by atoms with Gasteiger partial charge in [0.25, 0.3) is 0 Å². The Kier molecular flexibility index (Phi) is 4.40. The molecule has 0 amide bonds. The fraction of sp³-hybridized carbons (Fsp3) is 0.182. The summed E-state index contributed by atoms with van der Waals surface area (Å²) < 4.78 is 0. The maximum absolute atomic E-state index is 9.63. The van der Waals surface area contributed by atoms with Gasteiger partial charge in [-0.15, -0.1) is 0 Å². The van der Waals surface area contributed by atoms with Crippen molar-refractivity contribution >= 4 is 22.6 Å². The third-order valence-corrected chi connectivity index (χ3v) is 4.78. The molecule has 3 heteroatoms. The molecule has 1 aliphatic rings. The van der Waals surface area contributed by atoms with Gasteiger partial charge in [-0.05, 0) is 29.2 Å². The summed E-state index contributed by atoms with van der Waals surface area (Å²) in [7, 11) is 0. The number of fused-ring (bicyclic) bond motifs is 1. The van der Waals surface area contributed by atoms with Crippen molar-refractivity contribution in [1.82, 2.24) is 9.88 Å². The quantitative estimate of drug-likeness (QED) is 0.729. The highest BCUT2D eigenvalue weighted by Crippen LogP contribution is 2.24. The average Bonchev–Trinajstić information content (AvgIpc) is 3.04. The normalized spacial score (nSPS) is 15.8. The van der Waals surface area contributed by atoms with Crippen molar-refractivity contribution in [2.75, 3.05) is 19.6 Å². The Morgan fingerprint density at radius 1 is 1.08 bits per heavy atom. The molecule has 4 rings (SSSR count). The molecule has 0 aliphatic carbocycles. The minimum absolute atomic E-state index is 0.213. The summed E-state index contributed by atoms with van der Waals surface area (Å²) in [6.45, 7) is 3.01. The van der Waals surface area contributed by atoms with E-state index in [1.54, 1.807) is 6.07 Å². The molecule has 0 bridgehead atoms. The van der Waals surface area contributed by atoms with E-state index in [4.69, 9.17) is 0 Å². The maximum Gasteiger partial charge on any atom is 0.189 e. The second kappa shape index (κ2) is 6.99. The predicted octanol–water partition coefficient (Wildman–Crippen LogP) is 4.68. The van der Waals surface area contributed by atoms with Gasteiger partial charge in [-0.25, -0.2) is 0 Å². The number of aromatic hydroxyl groups is 1. The first-order valence-electron chi connectivity index (χ1n) is 8.74. The van der Waals surface area contributed by atoms with Crippen molar-refractivity contribution in [3.05, 3.63) is 77.9 Å². The highest BCUT2D eigenvalue weighted by molar-refractivity contribution is 5.89. The molecule has 25 heavy (non-hydrogen) atoms. The lowest BCUT2D eigenvalue weighted by Crippen LogP contribution is -2.28. The molecule has 2 heterocycles. The highest BCUT2D eigenvalue weighted by Gasteiger charge is 2.11. The summed E-state index contributed by atoms with van der Waals surface area (Å²) in [6, 6.07) is 18.5.